The van der Waals surface area contributed by atoms with Gasteiger partial charge in [0.25, 0.3) is 0 Å². The van der Waals surface area contributed by atoms with Gasteiger partial charge in [-0.25, -0.2) is 4.98 Å². The summed E-state index contributed by atoms with van der Waals surface area (Å²) in [4.78, 5) is 11.7. The van der Waals surface area contributed by atoms with Crippen LogP contribution in [-0.2, 0) is 17.8 Å². The van der Waals surface area contributed by atoms with E-state index in [0.717, 1.165) is 17.2 Å². The van der Waals surface area contributed by atoms with Crippen LogP contribution in [0.15, 0.2) is 30.5 Å². The van der Waals surface area contributed by atoms with Crippen LogP contribution >= 0.6 is 12.2 Å². The van der Waals surface area contributed by atoms with Crippen molar-refractivity contribution in [2.45, 2.75) is 13.0 Å². The molecule has 0 spiro atoms. The molecule has 0 aliphatic carbocycles. The second kappa shape index (κ2) is 5.65. The topological polar surface area (TPSA) is 50.8 Å². The van der Waals surface area contributed by atoms with Crippen LogP contribution in [-0.4, -0.2) is 22.1 Å². The lowest BCUT2D eigenvalue weighted by molar-refractivity contribution is 0.181. The number of nitrogens with one attached hydrogen (secondary N) is 1. The van der Waals surface area contributed by atoms with E-state index in [1.165, 1.54) is 0 Å². The van der Waals surface area contributed by atoms with E-state index in [9.17, 15) is 0 Å². The quantitative estimate of drug-likeness (QED) is 0.842. The SMILES string of the molecule is COCc1cc(=S)nc(Cc2ccccn2)[nH]1. The van der Waals surface area contributed by atoms with Gasteiger partial charge in [0.05, 0.1) is 6.61 Å². The van der Waals surface area contributed by atoms with E-state index >= 15 is 0 Å². The van der Waals surface area contributed by atoms with Crippen molar-refractivity contribution in [3.63, 3.8) is 0 Å². The molecule has 0 fully saturated rings. The molecular weight excluding hydrogens is 234 g/mol. The molecule has 0 atom stereocenters. The standard InChI is InChI=1S/C12H13N3OS/c1-16-8-10-7-12(17)15-11(14-10)6-9-4-2-3-5-13-9/h2-5,7H,6,8H2,1H3,(H,14,15,17). The third-order valence-electron chi connectivity index (χ3n) is 2.22. The molecule has 0 bridgehead atoms. The molecule has 0 aliphatic rings. The van der Waals surface area contributed by atoms with E-state index in [0.29, 0.717) is 17.7 Å². The molecule has 0 aromatic carbocycles. The summed E-state index contributed by atoms with van der Waals surface area (Å²) >= 11 is 5.11. The molecular formula is C12H13N3OS. The van der Waals surface area contributed by atoms with Gasteiger partial charge in [0.15, 0.2) is 0 Å². The Morgan fingerprint density at radius 1 is 1.41 bits per heavy atom. The molecule has 0 saturated heterocycles. The van der Waals surface area contributed by atoms with Crippen molar-refractivity contribution in [2.24, 2.45) is 0 Å². The monoisotopic (exact) mass is 247 g/mol. The number of hydrogen-bond acceptors (Lipinski definition) is 4. The molecule has 88 valence electrons. The summed E-state index contributed by atoms with van der Waals surface area (Å²) in [5.41, 5.74) is 1.89. The zero-order valence-corrected chi connectivity index (χ0v) is 10.3. The van der Waals surface area contributed by atoms with Gasteiger partial charge >= 0.3 is 0 Å². The van der Waals surface area contributed by atoms with Crippen molar-refractivity contribution in [2.75, 3.05) is 7.11 Å². The van der Waals surface area contributed by atoms with Crippen LogP contribution in [0.25, 0.3) is 0 Å². The first-order chi connectivity index (χ1) is 8.28. The van der Waals surface area contributed by atoms with Crippen LogP contribution < -0.4 is 0 Å². The van der Waals surface area contributed by atoms with E-state index in [2.05, 4.69) is 15.0 Å². The van der Waals surface area contributed by atoms with E-state index in [4.69, 9.17) is 17.0 Å². The van der Waals surface area contributed by atoms with Gasteiger partial charge in [0.2, 0.25) is 0 Å². The van der Waals surface area contributed by atoms with Gasteiger partial charge in [-0.15, -0.1) is 0 Å². The molecule has 0 radical (unpaired) electrons. The molecule has 2 aromatic heterocycles. The summed E-state index contributed by atoms with van der Waals surface area (Å²) < 4.78 is 5.64. The average molecular weight is 247 g/mol. The number of methoxy groups -OCH3 is 1. The van der Waals surface area contributed by atoms with Gasteiger partial charge in [0, 0.05) is 31.1 Å². The average Bonchev–Trinajstić information content (AvgIpc) is 2.30. The smallest absolute Gasteiger partial charge is 0.130 e. The van der Waals surface area contributed by atoms with Crippen molar-refractivity contribution >= 4 is 12.2 Å². The third kappa shape index (κ3) is 3.44. The number of ether oxygens (including phenoxy) is 1. The maximum Gasteiger partial charge on any atom is 0.130 e. The van der Waals surface area contributed by atoms with E-state index in [-0.39, 0.29) is 0 Å². The predicted octanol–water partition coefficient (Wildman–Crippen LogP) is 2.27. The van der Waals surface area contributed by atoms with Crippen molar-refractivity contribution in [3.05, 3.63) is 52.3 Å². The Morgan fingerprint density at radius 3 is 3.00 bits per heavy atom. The highest BCUT2D eigenvalue weighted by atomic mass is 32.1. The number of aromatic nitrogens is 3. The van der Waals surface area contributed by atoms with Gasteiger partial charge in [-0.1, -0.05) is 18.3 Å². The summed E-state index contributed by atoms with van der Waals surface area (Å²) in [7, 11) is 1.65. The Bertz CT molecular complexity index is 539. The highest BCUT2D eigenvalue weighted by Crippen LogP contribution is 2.04. The first-order valence-electron chi connectivity index (χ1n) is 5.26. The van der Waals surface area contributed by atoms with Crippen molar-refractivity contribution in [3.8, 4) is 0 Å². The van der Waals surface area contributed by atoms with Gasteiger partial charge in [-0.2, -0.15) is 0 Å². The number of aromatic amines is 1. The summed E-state index contributed by atoms with van der Waals surface area (Å²) in [6.45, 7) is 0.501. The van der Waals surface area contributed by atoms with Crippen LogP contribution in [0, 0.1) is 4.64 Å². The molecule has 0 saturated carbocycles. The highest BCUT2D eigenvalue weighted by Gasteiger charge is 2.01. The Hall–Kier alpha value is -1.59. The highest BCUT2D eigenvalue weighted by molar-refractivity contribution is 7.71. The molecule has 0 amide bonds. The third-order valence-corrected chi connectivity index (χ3v) is 2.43. The maximum atomic E-state index is 5.11. The lowest BCUT2D eigenvalue weighted by atomic mass is 10.2. The van der Waals surface area contributed by atoms with Crippen LogP contribution in [0.4, 0.5) is 0 Å². The molecule has 2 heterocycles. The fourth-order valence-corrected chi connectivity index (χ4v) is 1.81. The molecule has 5 heteroatoms. The largest absolute Gasteiger partial charge is 0.378 e. The zero-order chi connectivity index (χ0) is 12.1. The fourth-order valence-electron chi connectivity index (χ4n) is 1.55. The minimum atomic E-state index is 0.501. The molecule has 2 rings (SSSR count). The fraction of sp³-hybridized carbons (Fsp3) is 0.250. The minimum absolute atomic E-state index is 0.501. The van der Waals surface area contributed by atoms with E-state index in [1.54, 1.807) is 19.4 Å². The van der Waals surface area contributed by atoms with Gasteiger partial charge in [0.1, 0.15) is 10.5 Å². The van der Waals surface area contributed by atoms with Crippen molar-refractivity contribution < 1.29 is 4.74 Å². The number of pyridine rings is 1. The maximum absolute atomic E-state index is 5.11. The molecule has 0 aliphatic heterocycles. The summed E-state index contributed by atoms with van der Waals surface area (Å²) in [5.74, 6) is 0.809. The van der Waals surface area contributed by atoms with Gasteiger partial charge in [-0.05, 0) is 18.2 Å². The summed E-state index contributed by atoms with van der Waals surface area (Å²) in [6, 6.07) is 7.61. The van der Waals surface area contributed by atoms with Crippen molar-refractivity contribution in [1.82, 2.24) is 15.0 Å². The number of nitrogens with zero attached hydrogens (tertiary/aromatic N) is 2. The Morgan fingerprint density at radius 2 is 2.29 bits per heavy atom. The molecule has 1 N–H and O–H groups in total. The molecule has 0 unspecified atom stereocenters. The zero-order valence-electron chi connectivity index (χ0n) is 9.51. The molecule has 2 aromatic rings. The predicted molar refractivity (Wildman–Crippen MR) is 67.2 cm³/mol. The molecule has 4 nitrogen and oxygen atoms in total. The minimum Gasteiger partial charge on any atom is -0.378 e. The lowest BCUT2D eigenvalue weighted by Crippen LogP contribution is -2.02. The van der Waals surface area contributed by atoms with Gasteiger partial charge in [-0.3, -0.25) is 4.98 Å². The van der Waals surface area contributed by atoms with Crippen LogP contribution in [0.5, 0.6) is 0 Å². The molecule has 17 heavy (non-hydrogen) atoms. The second-order valence-electron chi connectivity index (χ2n) is 3.62. The van der Waals surface area contributed by atoms with E-state index < -0.39 is 0 Å². The van der Waals surface area contributed by atoms with Crippen LogP contribution in [0.2, 0.25) is 0 Å². The first-order valence-corrected chi connectivity index (χ1v) is 5.67. The normalized spacial score (nSPS) is 10.4. The summed E-state index contributed by atoms with van der Waals surface area (Å²) in [6.07, 6.45) is 2.41. The first kappa shape index (κ1) is 11.9. The Balaban J connectivity index is 2.24. The number of rotatable bonds is 4. The van der Waals surface area contributed by atoms with E-state index in [1.807, 2.05) is 18.2 Å². The lowest BCUT2D eigenvalue weighted by Gasteiger charge is -2.04. The number of hydrogen-bond donors (Lipinski definition) is 1. The van der Waals surface area contributed by atoms with Gasteiger partial charge < -0.3 is 9.72 Å². The number of H-pyrrole nitrogens is 1. The van der Waals surface area contributed by atoms with Crippen LogP contribution in [0.3, 0.4) is 0 Å². The second-order valence-corrected chi connectivity index (χ2v) is 4.04. The Kier molecular flexibility index (Phi) is 3.95. The van der Waals surface area contributed by atoms with Crippen LogP contribution in [0.1, 0.15) is 17.2 Å². The summed E-state index contributed by atoms with van der Waals surface area (Å²) in [5, 5.41) is 0. The Labute approximate surface area is 105 Å². The van der Waals surface area contributed by atoms with Crippen molar-refractivity contribution in [1.29, 1.82) is 0 Å².